The van der Waals surface area contributed by atoms with Crippen LogP contribution in [0.3, 0.4) is 0 Å². The molecule has 1 heterocycles. The lowest BCUT2D eigenvalue weighted by Crippen LogP contribution is -2.28. The molecule has 210 valence electrons. The molecule has 0 unspecified atom stereocenters. The molecule has 1 aromatic carbocycles. The summed E-state index contributed by atoms with van der Waals surface area (Å²) >= 11 is 0. The summed E-state index contributed by atoms with van der Waals surface area (Å²) in [6.07, 6.45) is 2.42. The van der Waals surface area contributed by atoms with Crippen molar-refractivity contribution in [3.63, 3.8) is 0 Å². The highest BCUT2D eigenvalue weighted by Gasteiger charge is 2.33. The minimum absolute atomic E-state index is 0.118. The topological polar surface area (TPSA) is 117 Å². The summed E-state index contributed by atoms with van der Waals surface area (Å²) in [5, 5.41) is 11.1. The number of amides is 1. The molecule has 1 amide bonds. The van der Waals surface area contributed by atoms with Crippen molar-refractivity contribution in [3.05, 3.63) is 88.2 Å². The van der Waals surface area contributed by atoms with E-state index in [9.17, 15) is 18.0 Å². The SMILES string of the molecule is CNCCN(C)C1=CCC(NC(=O)c2ccc(C)c(N(N)/C=C(\N)c3cnn(C)c3C)c2)=CC(C(F)(F)F)=C1. The lowest BCUT2D eigenvalue weighted by Gasteiger charge is -2.21. The predicted octanol–water partition coefficient (Wildman–Crippen LogP) is 3.22. The summed E-state index contributed by atoms with van der Waals surface area (Å²) in [7, 11) is 5.30. The molecule has 0 aliphatic heterocycles. The van der Waals surface area contributed by atoms with Crippen molar-refractivity contribution in [1.29, 1.82) is 0 Å². The van der Waals surface area contributed by atoms with Gasteiger partial charge in [0.15, 0.2) is 0 Å². The Kier molecular flexibility index (Phi) is 9.25. The standard InChI is InChI=1S/C27H35F3N8O/c1-17-6-7-19(12-25(17)38(32)16-24(31)23-15-34-37(5)18(23)2)26(39)35-21-8-9-22(36(4)11-10-33-3)14-20(13-21)27(28,29)30/h6-7,9,12-16,33H,8,10-11,31-32H2,1-5H3,(H,35,39)/b24-16-. The van der Waals surface area contributed by atoms with Crippen LogP contribution in [0.25, 0.3) is 5.70 Å². The first kappa shape index (κ1) is 29.5. The van der Waals surface area contributed by atoms with Gasteiger partial charge in [0.1, 0.15) is 0 Å². The highest BCUT2D eigenvalue weighted by molar-refractivity contribution is 5.96. The van der Waals surface area contributed by atoms with Crippen LogP contribution >= 0.6 is 0 Å². The first-order chi connectivity index (χ1) is 18.3. The minimum Gasteiger partial charge on any atom is -0.397 e. The molecule has 39 heavy (non-hydrogen) atoms. The summed E-state index contributed by atoms with van der Waals surface area (Å²) in [5.74, 6) is 5.71. The zero-order valence-electron chi connectivity index (χ0n) is 22.7. The van der Waals surface area contributed by atoms with Crippen LogP contribution in [0.5, 0.6) is 0 Å². The number of halogens is 3. The molecule has 1 aliphatic carbocycles. The summed E-state index contributed by atoms with van der Waals surface area (Å²) in [4.78, 5) is 14.8. The molecule has 12 heteroatoms. The molecule has 0 radical (unpaired) electrons. The molecule has 9 nitrogen and oxygen atoms in total. The maximum Gasteiger partial charge on any atom is 0.416 e. The van der Waals surface area contributed by atoms with E-state index in [1.807, 2.05) is 13.8 Å². The van der Waals surface area contributed by atoms with Crippen molar-refractivity contribution in [2.45, 2.75) is 26.4 Å². The molecule has 3 rings (SSSR count). The van der Waals surface area contributed by atoms with Gasteiger partial charge in [0.05, 0.1) is 23.2 Å². The molecule has 0 saturated heterocycles. The summed E-state index contributed by atoms with van der Waals surface area (Å²) in [6.45, 7) is 4.82. The van der Waals surface area contributed by atoms with Crippen LogP contribution in [-0.4, -0.2) is 53.9 Å². The number of nitrogens with zero attached hydrogens (tertiary/aromatic N) is 4. The van der Waals surface area contributed by atoms with Crippen LogP contribution < -0.4 is 27.2 Å². The average Bonchev–Trinajstić information content (AvgIpc) is 3.07. The molecule has 0 spiro atoms. The first-order valence-electron chi connectivity index (χ1n) is 12.3. The fourth-order valence-electron chi connectivity index (χ4n) is 3.96. The number of nitrogens with one attached hydrogen (secondary N) is 2. The fraction of sp³-hybridized carbons (Fsp3) is 0.333. The number of hydrogen-bond donors (Lipinski definition) is 4. The second-order valence-electron chi connectivity index (χ2n) is 9.34. The maximum absolute atomic E-state index is 13.8. The van der Waals surface area contributed by atoms with Crippen LogP contribution in [-0.2, 0) is 7.05 Å². The van der Waals surface area contributed by atoms with Crippen LogP contribution in [0.15, 0.2) is 65.8 Å². The minimum atomic E-state index is -4.58. The van der Waals surface area contributed by atoms with Gasteiger partial charge in [0.25, 0.3) is 5.91 Å². The average molecular weight is 545 g/mol. The van der Waals surface area contributed by atoms with Crippen LogP contribution in [0.4, 0.5) is 18.9 Å². The molecule has 0 atom stereocenters. The van der Waals surface area contributed by atoms with Gasteiger partial charge in [-0.1, -0.05) is 12.1 Å². The highest BCUT2D eigenvalue weighted by atomic mass is 19.4. The van der Waals surface area contributed by atoms with Gasteiger partial charge in [0.2, 0.25) is 0 Å². The van der Waals surface area contributed by atoms with Gasteiger partial charge < -0.3 is 21.3 Å². The molecule has 2 aromatic rings. The number of hydrazine groups is 1. The number of alkyl halides is 3. The number of allylic oxidation sites excluding steroid dienone is 4. The number of rotatable bonds is 9. The number of likely N-dealkylation sites (N-methyl/N-ethyl adjacent to an activating group) is 2. The van der Waals surface area contributed by atoms with Gasteiger partial charge in [-0.3, -0.25) is 14.5 Å². The number of carbonyl (C=O) groups excluding carboxylic acids is 1. The van der Waals surface area contributed by atoms with Crippen molar-refractivity contribution >= 4 is 17.3 Å². The Labute approximate surface area is 226 Å². The van der Waals surface area contributed by atoms with Gasteiger partial charge in [-0.2, -0.15) is 18.3 Å². The molecule has 0 saturated carbocycles. The molecule has 1 aliphatic rings. The van der Waals surface area contributed by atoms with Crippen molar-refractivity contribution in [2.24, 2.45) is 18.6 Å². The van der Waals surface area contributed by atoms with Crippen molar-refractivity contribution in [3.8, 4) is 0 Å². The van der Waals surface area contributed by atoms with E-state index in [1.165, 1.54) is 11.2 Å². The third kappa shape index (κ3) is 7.30. The van der Waals surface area contributed by atoms with E-state index >= 15 is 0 Å². The van der Waals surface area contributed by atoms with Gasteiger partial charge in [-0.25, -0.2) is 5.84 Å². The van der Waals surface area contributed by atoms with E-state index in [4.69, 9.17) is 11.6 Å². The second kappa shape index (κ2) is 12.2. The van der Waals surface area contributed by atoms with E-state index < -0.39 is 17.7 Å². The Balaban J connectivity index is 1.84. The Morgan fingerprint density at radius 2 is 1.97 bits per heavy atom. The molecule has 6 N–H and O–H groups in total. The third-order valence-corrected chi connectivity index (χ3v) is 6.48. The molecule has 0 bridgehead atoms. The third-order valence-electron chi connectivity index (χ3n) is 6.48. The molecule has 1 aromatic heterocycles. The zero-order valence-corrected chi connectivity index (χ0v) is 22.7. The van der Waals surface area contributed by atoms with E-state index in [0.29, 0.717) is 30.2 Å². The number of anilines is 1. The van der Waals surface area contributed by atoms with Crippen molar-refractivity contribution in [2.75, 3.05) is 32.2 Å². The largest absolute Gasteiger partial charge is 0.416 e. The highest BCUT2D eigenvalue weighted by Crippen LogP contribution is 2.31. The lowest BCUT2D eigenvalue weighted by atomic mass is 10.1. The Hall–Kier alpha value is -4.03. The van der Waals surface area contributed by atoms with Crippen molar-refractivity contribution in [1.82, 2.24) is 25.3 Å². The zero-order chi connectivity index (χ0) is 28.9. The smallest absolute Gasteiger partial charge is 0.397 e. The number of carbonyl (C=O) groups is 1. The molecule has 0 fully saturated rings. The van der Waals surface area contributed by atoms with Gasteiger partial charge >= 0.3 is 6.18 Å². The number of benzene rings is 1. The number of aryl methyl sites for hydroxylation is 2. The van der Waals surface area contributed by atoms with Crippen LogP contribution in [0.2, 0.25) is 0 Å². The van der Waals surface area contributed by atoms with Crippen LogP contribution in [0, 0.1) is 13.8 Å². The normalized spacial score (nSPS) is 14.3. The van der Waals surface area contributed by atoms with Crippen LogP contribution in [0.1, 0.15) is 33.6 Å². The number of hydrogen-bond acceptors (Lipinski definition) is 7. The second-order valence-corrected chi connectivity index (χ2v) is 9.34. The van der Waals surface area contributed by atoms with E-state index in [1.54, 1.807) is 61.2 Å². The monoisotopic (exact) mass is 544 g/mol. The number of nitrogens with two attached hydrogens (primary N) is 2. The summed E-state index contributed by atoms with van der Waals surface area (Å²) in [5.41, 5.74) is 9.40. The quantitative estimate of drug-likeness (QED) is 0.283. The summed E-state index contributed by atoms with van der Waals surface area (Å²) in [6, 6.07) is 4.86. The Morgan fingerprint density at radius 1 is 1.26 bits per heavy atom. The lowest BCUT2D eigenvalue weighted by molar-refractivity contribution is -0.0884. The predicted molar refractivity (Wildman–Crippen MR) is 147 cm³/mol. The Morgan fingerprint density at radius 3 is 2.59 bits per heavy atom. The molecular weight excluding hydrogens is 509 g/mol. The van der Waals surface area contributed by atoms with Gasteiger partial charge in [-0.15, -0.1) is 0 Å². The van der Waals surface area contributed by atoms with Gasteiger partial charge in [-0.05, 0) is 50.7 Å². The van der Waals surface area contributed by atoms with E-state index in [0.717, 1.165) is 29.0 Å². The van der Waals surface area contributed by atoms with E-state index in [-0.39, 0.29) is 17.7 Å². The van der Waals surface area contributed by atoms with Crippen molar-refractivity contribution < 1.29 is 18.0 Å². The summed E-state index contributed by atoms with van der Waals surface area (Å²) < 4.78 is 43.0. The number of aromatic nitrogens is 2. The van der Waals surface area contributed by atoms with Gasteiger partial charge in [0, 0.05) is 68.0 Å². The maximum atomic E-state index is 13.8. The first-order valence-corrected chi connectivity index (χ1v) is 12.3. The Bertz CT molecular complexity index is 1340. The molecular formula is C27H35F3N8O. The van der Waals surface area contributed by atoms with E-state index in [2.05, 4.69) is 15.7 Å². The fourth-order valence-corrected chi connectivity index (χ4v) is 3.96.